The standard InChI is InChI=1S/C22H24N4O/c1-15-9-21(16(2)26(15)14-20-5-3-4-8-24-20)22(27)25-11-17-6-7-18-12-23-13-19(18)10-17/h3-10,23H,11-14H2,1-2H3,(H,25,27). The van der Waals surface area contributed by atoms with Crippen LogP contribution in [-0.2, 0) is 26.2 Å². The van der Waals surface area contributed by atoms with Gasteiger partial charge in [-0.05, 0) is 48.7 Å². The van der Waals surface area contributed by atoms with Gasteiger partial charge in [-0.15, -0.1) is 0 Å². The first kappa shape index (κ1) is 17.5. The zero-order chi connectivity index (χ0) is 18.8. The van der Waals surface area contributed by atoms with Crippen LogP contribution in [0.4, 0.5) is 0 Å². The van der Waals surface area contributed by atoms with Gasteiger partial charge in [0.25, 0.3) is 5.91 Å². The molecule has 4 rings (SSSR count). The summed E-state index contributed by atoms with van der Waals surface area (Å²) in [4.78, 5) is 17.1. The minimum absolute atomic E-state index is 0.0333. The molecule has 0 saturated heterocycles. The van der Waals surface area contributed by atoms with Gasteiger partial charge in [-0.2, -0.15) is 0 Å². The fourth-order valence-electron chi connectivity index (χ4n) is 3.66. The summed E-state index contributed by atoms with van der Waals surface area (Å²) >= 11 is 0. The van der Waals surface area contributed by atoms with E-state index in [4.69, 9.17) is 0 Å². The van der Waals surface area contributed by atoms with Crippen molar-refractivity contribution in [3.63, 3.8) is 0 Å². The first-order valence-electron chi connectivity index (χ1n) is 9.28. The fraction of sp³-hybridized carbons (Fsp3) is 0.273. The van der Waals surface area contributed by atoms with Crippen molar-refractivity contribution in [1.29, 1.82) is 0 Å². The van der Waals surface area contributed by atoms with Gasteiger partial charge in [0, 0.05) is 37.2 Å². The van der Waals surface area contributed by atoms with Crippen LogP contribution in [-0.4, -0.2) is 15.5 Å². The average Bonchev–Trinajstić information content (AvgIpc) is 3.26. The Labute approximate surface area is 159 Å². The summed E-state index contributed by atoms with van der Waals surface area (Å²) < 4.78 is 2.14. The van der Waals surface area contributed by atoms with E-state index in [-0.39, 0.29) is 5.91 Å². The van der Waals surface area contributed by atoms with Gasteiger partial charge in [-0.1, -0.05) is 24.3 Å². The molecule has 5 heteroatoms. The molecule has 0 atom stereocenters. The van der Waals surface area contributed by atoms with Gasteiger partial charge in [0.05, 0.1) is 17.8 Å². The summed E-state index contributed by atoms with van der Waals surface area (Å²) in [5, 5.41) is 6.41. The van der Waals surface area contributed by atoms with Crippen molar-refractivity contribution >= 4 is 5.91 Å². The molecular formula is C22H24N4O. The second-order valence-corrected chi connectivity index (χ2v) is 7.08. The number of fused-ring (bicyclic) bond motifs is 1. The number of rotatable bonds is 5. The Balaban J connectivity index is 1.46. The van der Waals surface area contributed by atoms with Crippen LogP contribution in [0.2, 0.25) is 0 Å². The van der Waals surface area contributed by atoms with E-state index in [0.717, 1.165) is 41.3 Å². The lowest BCUT2D eigenvalue weighted by Crippen LogP contribution is -2.23. The van der Waals surface area contributed by atoms with E-state index in [9.17, 15) is 4.79 Å². The van der Waals surface area contributed by atoms with E-state index in [1.54, 1.807) is 6.20 Å². The third kappa shape index (κ3) is 3.64. The first-order chi connectivity index (χ1) is 13.1. The number of hydrogen-bond donors (Lipinski definition) is 2. The normalized spacial score (nSPS) is 12.8. The Morgan fingerprint density at radius 3 is 2.81 bits per heavy atom. The summed E-state index contributed by atoms with van der Waals surface area (Å²) in [5.41, 5.74) is 7.55. The lowest BCUT2D eigenvalue weighted by Gasteiger charge is -2.10. The summed E-state index contributed by atoms with van der Waals surface area (Å²) in [6.45, 7) is 7.07. The van der Waals surface area contributed by atoms with Crippen molar-refractivity contribution in [2.75, 3.05) is 0 Å². The highest BCUT2D eigenvalue weighted by Gasteiger charge is 2.16. The number of carbonyl (C=O) groups is 1. The monoisotopic (exact) mass is 360 g/mol. The van der Waals surface area contributed by atoms with Gasteiger partial charge in [-0.25, -0.2) is 0 Å². The summed E-state index contributed by atoms with van der Waals surface area (Å²) in [5.74, 6) is -0.0333. The van der Waals surface area contributed by atoms with Gasteiger partial charge in [0.15, 0.2) is 0 Å². The molecule has 2 aromatic heterocycles. The largest absolute Gasteiger partial charge is 0.348 e. The van der Waals surface area contributed by atoms with Crippen LogP contribution in [0.5, 0.6) is 0 Å². The molecule has 1 aliphatic rings. The fourth-order valence-corrected chi connectivity index (χ4v) is 3.66. The number of aromatic nitrogens is 2. The second kappa shape index (κ2) is 7.37. The zero-order valence-electron chi connectivity index (χ0n) is 15.7. The van der Waals surface area contributed by atoms with Crippen LogP contribution in [0.1, 0.15) is 44.1 Å². The quantitative estimate of drug-likeness (QED) is 0.735. The molecule has 3 heterocycles. The van der Waals surface area contributed by atoms with Crippen LogP contribution in [0.15, 0.2) is 48.7 Å². The minimum atomic E-state index is -0.0333. The predicted octanol–water partition coefficient (Wildman–Crippen LogP) is 3.08. The smallest absolute Gasteiger partial charge is 0.253 e. The van der Waals surface area contributed by atoms with Crippen molar-refractivity contribution in [2.24, 2.45) is 0 Å². The number of hydrogen-bond acceptors (Lipinski definition) is 3. The highest BCUT2D eigenvalue weighted by atomic mass is 16.1. The van der Waals surface area contributed by atoms with E-state index in [1.807, 2.05) is 38.1 Å². The Bertz CT molecular complexity index is 975. The lowest BCUT2D eigenvalue weighted by molar-refractivity contribution is 0.0950. The third-order valence-corrected chi connectivity index (χ3v) is 5.22. The number of benzene rings is 1. The second-order valence-electron chi connectivity index (χ2n) is 7.08. The lowest BCUT2D eigenvalue weighted by atomic mass is 10.1. The maximum absolute atomic E-state index is 12.7. The van der Waals surface area contributed by atoms with Gasteiger partial charge in [0.2, 0.25) is 0 Å². The maximum atomic E-state index is 12.7. The molecule has 1 aliphatic heterocycles. The topological polar surface area (TPSA) is 59.0 Å². The van der Waals surface area contributed by atoms with Crippen molar-refractivity contribution < 1.29 is 4.79 Å². The summed E-state index contributed by atoms with van der Waals surface area (Å²) in [6.07, 6.45) is 1.79. The molecular weight excluding hydrogens is 336 g/mol. The number of nitrogens with one attached hydrogen (secondary N) is 2. The molecule has 27 heavy (non-hydrogen) atoms. The number of amides is 1. The number of pyridine rings is 1. The molecule has 5 nitrogen and oxygen atoms in total. The minimum Gasteiger partial charge on any atom is -0.348 e. The Morgan fingerprint density at radius 1 is 1.15 bits per heavy atom. The Hall–Kier alpha value is -2.92. The van der Waals surface area contributed by atoms with Crippen molar-refractivity contribution in [3.8, 4) is 0 Å². The average molecular weight is 360 g/mol. The maximum Gasteiger partial charge on any atom is 0.253 e. The van der Waals surface area contributed by atoms with Gasteiger partial charge in [0.1, 0.15) is 0 Å². The molecule has 138 valence electrons. The molecule has 0 radical (unpaired) electrons. The molecule has 0 aliphatic carbocycles. The molecule has 1 aromatic carbocycles. The van der Waals surface area contributed by atoms with Crippen molar-refractivity contribution in [3.05, 3.63) is 88.0 Å². The molecule has 0 unspecified atom stereocenters. The van der Waals surface area contributed by atoms with Gasteiger partial charge in [-0.3, -0.25) is 9.78 Å². The van der Waals surface area contributed by atoms with E-state index in [2.05, 4.69) is 38.4 Å². The highest BCUT2D eigenvalue weighted by molar-refractivity contribution is 5.95. The highest BCUT2D eigenvalue weighted by Crippen LogP contribution is 2.19. The van der Waals surface area contributed by atoms with Crippen molar-refractivity contribution in [1.82, 2.24) is 20.2 Å². The molecule has 0 spiro atoms. The van der Waals surface area contributed by atoms with Gasteiger partial charge < -0.3 is 15.2 Å². The van der Waals surface area contributed by atoms with Crippen LogP contribution >= 0.6 is 0 Å². The van der Waals surface area contributed by atoms with Gasteiger partial charge >= 0.3 is 0 Å². The Morgan fingerprint density at radius 2 is 2.00 bits per heavy atom. The van der Waals surface area contributed by atoms with Crippen LogP contribution in [0.25, 0.3) is 0 Å². The van der Waals surface area contributed by atoms with E-state index in [0.29, 0.717) is 13.1 Å². The van der Waals surface area contributed by atoms with E-state index < -0.39 is 0 Å². The Kier molecular flexibility index (Phi) is 4.77. The number of aryl methyl sites for hydroxylation is 1. The number of carbonyl (C=O) groups excluding carboxylic acids is 1. The van der Waals surface area contributed by atoms with E-state index in [1.165, 1.54) is 11.1 Å². The molecule has 2 N–H and O–H groups in total. The van der Waals surface area contributed by atoms with Crippen LogP contribution < -0.4 is 10.6 Å². The summed E-state index contributed by atoms with van der Waals surface area (Å²) in [7, 11) is 0. The molecule has 3 aromatic rings. The zero-order valence-corrected chi connectivity index (χ0v) is 15.7. The predicted molar refractivity (Wildman–Crippen MR) is 105 cm³/mol. The third-order valence-electron chi connectivity index (χ3n) is 5.22. The number of nitrogens with zero attached hydrogens (tertiary/aromatic N) is 2. The molecule has 0 bridgehead atoms. The van der Waals surface area contributed by atoms with E-state index >= 15 is 0 Å². The van der Waals surface area contributed by atoms with Crippen LogP contribution in [0.3, 0.4) is 0 Å². The summed E-state index contributed by atoms with van der Waals surface area (Å²) in [6, 6.07) is 14.3. The SMILES string of the molecule is Cc1cc(C(=O)NCc2ccc3c(c2)CNC3)c(C)n1Cc1ccccn1. The molecule has 0 saturated carbocycles. The van der Waals surface area contributed by atoms with Crippen LogP contribution in [0, 0.1) is 13.8 Å². The molecule has 0 fully saturated rings. The first-order valence-corrected chi connectivity index (χ1v) is 9.28. The van der Waals surface area contributed by atoms with Crippen molar-refractivity contribution in [2.45, 2.75) is 40.0 Å². The molecule has 1 amide bonds.